The summed E-state index contributed by atoms with van der Waals surface area (Å²) in [6.45, 7) is 7.15. The molecule has 0 radical (unpaired) electrons. The lowest BCUT2D eigenvalue weighted by Crippen LogP contribution is -2.36. The Bertz CT molecular complexity index is 917. The van der Waals surface area contributed by atoms with Crippen LogP contribution >= 0.6 is 11.3 Å². The number of likely N-dealkylation sites (tertiary alicyclic amines) is 2. The molecule has 1 aromatic carbocycles. The fourth-order valence-corrected chi connectivity index (χ4v) is 5.99. The van der Waals surface area contributed by atoms with Gasteiger partial charge in [0, 0.05) is 37.5 Å². The van der Waals surface area contributed by atoms with Gasteiger partial charge in [0.15, 0.2) is 0 Å². The van der Waals surface area contributed by atoms with Crippen LogP contribution in [0.1, 0.15) is 67.9 Å². The van der Waals surface area contributed by atoms with Crippen LogP contribution in [0.5, 0.6) is 0 Å². The first kappa shape index (κ1) is 23.2. The van der Waals surface area contributed by atoms with Crippen LogP contribution in [0.3, 0.4) is 0 Å². The van der Waals surface area contributed by atoms with Gasteiger partial charge in [0.2, 0.25) is 5.91 Å². The van der Waals surface area contributed by atoms with E-state index in [0.717, 1.165) is 76.8 Å². The van der Waals surface area contributed by atoms with Crippen LogP contribution in [-0.2, 0) is 11.2 Å². The molecule has 2 aromatic rings. The minimum absolute atomic E-state index is 0.188. The molecular formula is C27H35FN2OS. The monoisotopic (exact) mass is 454 g/mol. The van der Waals surface area contributed by atoms with Gasteiger partial charge in [-0.2, -0.15) is 0 Å². The maximum atomic E-state index is 13.6. The van der Waals surface area contributed by atoms with E-state index in [4.69, 9.17) is 0 Å². The van der Waals surface area contributed by atoms with Crippen LogP contribution in [0.15, 0.2) is 41.3 Å². The molecule has 2 fully saturated rings. The van der Waals surface area contributed by atoms with Gasteiger partial charge in [0.25, 0.3) is 0 Å². The zero-order valence-electron chi connectivity index (χ0n) is 19.2. The molecule has 5 heteroatoms. The van der Waals surface area contributed by atoms with E-state index in [1.807, 2.05) is 12.1 Å². The quantitative estimate of drug-likeness (QED) is 0.502. The third kappa shape index (κ3) is 5.87. The second-order valence-corrected chi connectivity index (χ2v) is 9.96. The van der Waals surface area contributed by atoms with Gasteiger partial charge in [-0.3, -0.25) is 4.79 Å². The number of hydrogen-bond donors (Lipinski definition) is 0. The third-order valence-corrected chi connectivity index (χ3v) is 7.82. The molecule has 4 rings (SSSR count). The lowest BCUT2D eigenvalue weighted by molar-refractivity contribution is -0.132. The molecule has 2 aliphatic rings. The van der Waals surface area contributed by atoms with Crippen molar-refractivity contribution in [2.75, 3.05) is 32.7 Å². The molecule has 0 atom stereocenters. The Morgan fingerprint density at radius 3 is 2.41 bits per heavy atom. The van der Waals surface area contributed by atoms with Crippen molar-refractivity contribution in [1.82, 2.24) is 9.80 Å². The molecule has 3 nitrogen and oxygen atoms in total. The van der Waals surface area contributed by atoms with Crippen LogP contribution in [-0.4, -0.2) is 48.4 Å². The summed E-state index contributed by atoms with van der Waals surface area (Å²) in [5, 5.41) is 2.24. The molecule has 0 spiro atoms. The van der Waals surface area contributed by atoms with Crippen molar-refractivity contribution in [2.45, 2.75) is 58.3 Å². The van der Waals surface area contributed by atoms with Gasteiger partial charge in [0.1, 0.15) is 5.82 Å². The van der Waals surface area contributed by atoms with Crippen molar-refractivity contribution in [3.63, 3.8) is 0 Å². The minimum Gasteiger partial charge on any atom is -0.343 e. The van der Waals surface area contributed by atoms with Crippen molar-refractivity contribution in [3.8, 4) is 0 Å². The molecule has 0 bridgehead atoms. The number of benzene rings is 1. The van der Waals surface area contributed by atoms with Crippen LogP contribution in [0.4, 0.5) is 4.39 Å². The number of aryl methyl sites for hydroxylation is 1. The van der Waals surface area contributed by atoms with Gasteiger partial charge in [0.05, 0.1) is 0 Å². The van der Waals surface area contributed by atoms with Crippen molar-refractivity contribution in [1.29, 1.82) is 0 Å². The summed E-state index contributed by atoms with van der Waals surface area (Å²) in [6, 6.07) is 9.27. The van der Waals surface area contributed by atoms with Crippen LogP contribution in [0.2, 0.25) is 0 Å². The Labute approximate surface area is 195 Å². The number of piperidine rings is 2. The van der Waals surface area contributed by atoms with E-state index in [2.05, 4.69) is 28.2 Å². The zero-order chi connectivity index (χ0) is 22.3. The highest BCUT2D eigenvalue weighted by molar-refractivity contribution is 7.11. The first-order chi connectivity index (χ1) is 15.6. The Hall–Kier alpha value is -1.98. The summed E-state index contributed by atoms with van der Waals surface area (Å²) in [5.74, 6) is 0.151. The summed E-state index contributed by atoms with van der Waals surface area (Å²) < 4.78 is 13.6. The molecule has 0 aliphatic carbocycles. The fraction of sp³-hybridized carbons (Fsp3) is 0.519. The van der Waals surface area contributed by atoms with Crippen LogP contribution in [0.25, 0.3) is 5.57 Å². The Morgan fingerprint density at radius 1 is 1.03 bits per heavy atom. The minimum atomic E-state index is -0.188. The second-order valence-electron chi connectivity index (χ2n) is 9.04. The molecule has 172 valence electrons. The molecule has 0 saturated carbocycles. The summed E-state index contributed by atoms with van der Waals surface area (Å²) in [7, 11) is 0. The highest BCUT2D eigenvalue weighted by Gasteiger charge is 2.21. The molecule has 2 aliphatic heterocycles. The van der Waals surface area contributed by atoms with Gasteiger partial charge < -0.3 is 9.80 Å². The van der Waals surface area contributed by atoms with Crippen LogP contribution < -0.4 is 0 Å². The molecule has 0 N–H and O–H groups in total. The van der Waals surface area contributed by atoms with Crippen molar-refractivity contribution < 1.29 is 9.18 Å². The number of rotatable bonds is 7. The summed E-state index contributed by atoms with van der Waals surface area (Å²) in [6.07, 6.45) is 8.31. The van der Waals surface area contributed by atoms with E-state index >= 15 is 0 Å². The summed E-state index contributed by atoms with van der Waals surface area (Å²) >= 11 is 1.80. The van der Waals surface area contributed by atoms with Gasteiger partial charge in [-0.05, 0) is 91.8 Å². The molecular weight excluding hydrogens is 419 g/mol. The maximum absolute atomic E-state index is 13.6. The van der Waals surface area contributed by atoms with Crippen molar-refractivity contribution >= 4 is 22.8 Å². The van der Waals surface area contributed by atoms with Crippen LogP contribution in [0, 0.1) is 5.82 Å². The smallest absolute Gasteiger partial charge is 0.222 e. The average Bonchev–Trinajstić information content (AvgIpc) is 3.31. The summed E-state index contributed by atoms with van der Waals surface area (Å²) in [4.78, 5) is 18.3. The predicted octanol–water partition coefficient (Wildman–Crippen LogP) is 6.14. The third-order valence-electron chi connectivity index (χ3n) is 6.83. The second kappa shape index (κ2) is 11.2. The first-order valence-corrected chi connectivity index (χ1v) is 13.1. The molecule has 1 aromatic heterocycles. The molecule has 1 amide bonds. The Morgan fingerprint density at radius 2 is 1.75 bits per heavy atom. The Kier molecular flexibility index (Phi) is 8.15. The highest BCUT2D eigenvalue weighted by Crippen LogP contribution is 2.36. The predicted molar refractivity (Wildman–Crippen MR) is 131 cm³/mol. The number of thiophene rings is 1. The number of carbonyl (C=O) groups is 1. The largest absolute Gasteiger partial charge is 0.343 e. The van der Waals surface area contributed by atoms with E-state index in [9.17, 15) is 9.18 Å². The topological polar surface area (TPSA) is 23.6 Å². The number of amides is 1. The van der Waals surface area contributed by atoms with Gasteiger partial charge in [-0.15, -0.1) is 11.3 Å². The molecule has 0 unspecified atom stereocenters. The number of halogens is 1. The molecule has 3 heterocycles. The lowest BCUT2D eigenvalue weighted by atomic mass is 9.91. The highest BCUT2D eigenvalue weighted by atomic mass is 32.1. The SMILES string of the molecule is CCc1csc(C(=C2CCN(CCCC(=O)N3CCCCC3)CC2)c2ccc(F)cc2)c1. The van der Waals surface area contributed by atoms with Crippen molar-refractivity contribution in [2.24, 2.45) is 0 Å². The maximum Gasteiger partial charge on any atom is 0.222 e. The Balaban J connectivity index is 1.38. The van der Waals surface area contributed by atoms with E-state index in [1.54, 1.807) is 23.5 Å². The van der Waals surface area contributed by atoms with E-state index in [1.165, 1.54) is 28.0 Å². The van der Waals surface area contributed by atoms with E-state index < -0.39 is 0 Å². The van der Waals surface area contributed by atoms with E-state index in [0.29, 0.717) is 12.3 Å². The van der Waals surface area contributed by atoms with Crippen molar-refractivity contribution in [3.05, 3.63) is 63.1 Å². The average molecular weight is 455 g/mol. The fourth-order valence-electron chi connectivity index (χ4n) is 4.88. The number of carbonyl (C=O) groups excluding carboxylic acids is 1. The van der Waals surface area contributed by atoms with Gasteiger partial charge in [-0.1, -0.05) is 24.6 Å². The van der Waals surface area contributed by atoms with E-state index in [-0.39, 0.29) is 5.82 Å². The first-order valence-electron chi connectivity index (χ1n) is 12.2. The standard InChI is InChI=1S/C27H35FN2OS/c1-2-21-19-25(32-20-21)27(22-8-10-24(28)11-9-22)23-12-17-29(18-13-23)14-6-7-26(31)30-15-4-3-5-16-30/h8-11,19-20H,2-7,12-18H2,1H3. The number of hydrogen-bond acceptors (Lipinski definition) is 3. The van der Waals surface area contributed by atoms with Gasteiger partial charge in [-0.25, -0.2) is 4.39 Å². The lowest BCUT2D eigenvalue weighted by Gasteiger charge is -2.30. The molecule has 32 heavy (non-hydrogen) atoms. The normalized spacial score (nSPS) is 17.6. The van der Waals surface area contributed by atoms with Gasteiger partial charge >= 0.3 is 0 Å². The number of nitrogens with zero attached hydrogens (tertiary/aromatic N) is 2. The summed E-state index contributed by atoms with van der Waals surface area (Å²) in [5.41, 5.74) is 5.25. The zero-order valence-corrected chi connectivity index (χ0v) is 20.1. The molecule has 2 saturated heterocycles.